The lowest BCUT2D eigenvalue weighted by molar-refractivity contribution is -0.141. The largest absolute Gasteiger partial charge is 0.469 e. The molecule has 0 amide bonds. The van der Waals surface area contributed by atoms with Gasteiger partial charge in [0.2, 0.25) is 0 Å². The van der Waals surface area contributed by atoms with Gasteiger partial charge in [0, 0.05) is 19.6 Å². The molecule has 0 aliphatic carbocycles. The minimum atomic E-state index is -1.89. The quantitative estimate of drug-likeness (QED) is 0.216. The van der Waals surface area contributed by atoms with Crippen LogP contribution in [0.3, 0.4) is 0 Å². The number of carbonyl (C=O) groups is 1. The Morgan fingerprint density at radius 1 is 1.00 bits per heavy atom. The number of ether oxygens (including phenoxy) is 4. The van der Waals surface area contributed by atoms with E-state index < -0.39 is 8.32 Å². The molecule has 7 heteroatoms. The number of methoxy groups -OCH3 is 2. The second-order valence-electron chi connectivity index (χ2n) is 7.33. The van der Waals surface area contributed by atoms with Crippen LogP contribution in [-0.4, -0.2) is 61.2 Å². The van der Waals surface area contributed by atoms with Crippen LogP contribution in [0.1, 0.15) is 40.0 Å². The first-order valence-electron chi connectivity index (χ1n) is 8.53. The molecule has 0 aliphatic rings. The summed E-state index contributed by atoms with van der Waals surface area (Å²) in [7, 11) is 1.15. The van der Waals surface area contributed by atoms with Crippen molar-refractivity contribution in [3.63, 3.8) is 0 Å². The van der Waals surface area contributed by atoms with Gasteiger partial charge in [0.25, 0.3) is 0 Å². The van der Waals surface area contributed by atoms with Gasteiger partial charge in [-0.2, -0.15) is 0 Å². The van der Waals surface area contributed by atoms with Crippen molar-refractivity contribution in [1.29, 1.82) is 0 Å². The SMILES string of the molecule is COCCOCOCC[C@@H](CCC(=O)OC)O[Si](C)(C)C(C)(C)C. The van der Waals surface area contributed by atoms with Crippen molar-refractivity contribution in [1.82, 2.24) is 0 Å². The molecule has 0 saturated heterocycles. The van der Waals surface area contributed by atoms with Gasteiger partial charge < -0.3 is 23.4 Å². The molecule has 0 radical (unpaired) electrons. The molecule has 6 nitrogen and oxygen atoms in total. The van der Waals surface area contributed by atoms with Gasteiger partial charge in [-0.15, -0.1) is 0 Å². The fourth-order valence-electron chi connectivity index (χ4n) is 1.77. The molecule has 0 aromatic heterocycles. The van der Waals surface area contributed by atoms with Gasteiger partial charge in [-0.3, -0.25) is 4.79 Å². The number of hydrogen-bond donors (Lipinski definition) is 0. The summed E-state index contributed by atoms with van der Waals surface area (Å²) in [6, 6.07) is 0. The summed E-state index contributed by atoms with van der Waals surface area (Å²) >= 11 is 0. The predicted octanol–water partition coefficient (Wildman–Crippen LogP) is 3.36. The third-order valence-electron chi connectivity index (χ3n) is 4.35. The van der Waals surface area contributed by atoms with Crippen molar-refractivity contribution < 1.29 is 28.2 Å². The zero-order valence-corrected chi connectivity index (χ0v) is 17.5. The molecule has 0 bridgehead atoms. The smallest absolute Gasteiger partial charge is 0.305 e. The summed E-state index contributed by atoms with van der Waals surface area (Å²) in [6.45, 7) is 12.9. The Kier molecular flexibility index (Phi) is 11.7. The monoisotopic (exact) mass is 364 g/mol. The molecule has 0 unspecified atom stereocenters. The van der Waals surface area contributed by atoms with Crippen LogP contribution in [0.25, 0.3) is 0 Å². The summed E-state index contributed by atoms with van der Waals surface area (Å²) in [5.41, 5.74) is 0. The van der Waals surface area contributed by atoms with E-state index in [-0.39, 0.29) is 23.9 Å². The maximum Gasteiger partial charge on any atom is 0.305 e. The van der Waals surface area contributed by atoms with Gasteiger partial charge in [0.1, 0.15) is 6.79 Å². The highest BCUT2D eigenvalue weighted by Crippen LogP contribution is 2.38. The highest BCUT2D eigenvalue weighted by atomic mass is 28.4. The normalized spacial score (nSPS) is 13.8. The molecular weight excluding hydrogens is 328 g/mol. The van der Waals surface area contributed by atoms with Gasteiger partial charge >= 0.3 is 5.97 Å². The van der Waals surface area contributed by atoms with Crippen LogP contribution >= 0.6 is 0 Å². The first-order valence-corrected chi connectivity index (χ1v) is 11.4. The zero-order valence-electron chi connectivity index (χ0n) is 16.5. The van der Waals surface area contributed by atoms with Gasteiger partial charge in [0.15, 0.2) is 8.32 Å². The lowest BCUT2D eigenvalue weighted by atomic mass is 10.1. The van der Waals surface area contributed by atoms with Gasteiger partial charge in [0.05, 0.1) is 26.9 Å². The minimum Gasteiger partial charge on any atom is -0.469 e. The first kappa shape index (κ1) is 23.5. The van der Waals surface area contributed by atoms with Crippen molar-refractivity contribution in [3.05, 3.63) is 0 Å². The zero-order chi connectivity index (χ0) is 18.6. The lowest BCUT2D eigenvalue weighted by Crippen LogP contribution is -2.44. The van der Waals surface area contributed by atoms with E-state index in [1.54, 1.807) is 7.11 Å². The topological polar surface area (TPSA) is 63.2 Å². The second kappa shape index (κ2) is 12.0. The highest BCUT2D eigenvalue weighted by Gasteiger charge is 2.39. The van der Waals surface area contributed by atoms with Crippen LogP contribution in [0.15, 0.2) is 0 Å². The molecule has 0 aromatic carbocycles. The van der Waals surface area contributed by atoms with Crippen molar-refractivity contribution >= 4 is 14.3 Å². The molecule has 0 rings (SSSR count). The highest BCUT2D eigenvalue weighted by molar-refractivity contribution is 6.74. The number of hydrogen-bond acceptors (Lipinski definition) is 6. The maximum atomic E-state index is 11.4. The van der Waals surface area contributed by atoms with Crippen molar-refractivity contribution in [2.24, 2.45) is 0 Å². The van der Waals surface area contributed by atoms with Crippen LogP contribution in [-0.2, 0) is 28.2 Å². The molecule has 0 spiro atoms. The molecule has 0 aliphatic heterocycles. The van der Waals surface area contributed by atoms with Crippen molar-refractivity contribution in [2.45, 2.75) is 64.3 Å². The Morgan fingerprint density at radius 3 is 2.17 bits per heavy atom. The summed E-state index contributed by atoms with van der Waals surface area (Å²) in [5.74, 6) is -0.206. The average molecular weight is 365 g/mol. The predicted molar refractivity (Wildman–Crippen MR) is 96.6 cm³/mol. The van der Waals surface area contributed by atoms with Gasteiger partial charge in [-0.25, -0.2) is 0 Å². The molecule has 0 fully saturated rings. The molecule has 24 heavy (non-hydrogen) atoms. The molecule has 0 N–H and O–H groups in total. The average Bonchev–Trinajstić information content (AvgIpc) is 2.49. The second-order valence-corrected chi connectivity index (χ2v) is 12.1. The fraction of sp³-hybridized carbons (Fsp3) is 0.941. The Labute approximate surface area is 148 Å². The van der Waals surface area contributed by atoms with Crippen molar-refractivity contribution in [3.8, 4) is 0 Å². The Balaban J connectivity index is 4.35. The van der Waals surface area contributed by atoms with Crippen LogP contribution < -0.4 is 0 Å². The van der Waals surface area contributed by atoms with E-state index >= 15 is 0 Å². The fourth-order valence-corrected chi connectivity index (χ4v) is 3.19. The summed E-state index contributed by atoms with van der Waals surface area (Å²) in [4.78, 5) is 11.4. The Morgan fingerprint density at radius 2 is 1.62 bits per heavy atom. The van der Waals surface area contributed by atoms with Crippen LogP contribution in [0.4, 0.5) is 0 Å². The summed E-state index contributed by atoms with van der Waals surface area (Å²) in [6.07, 6.45) is 1.73. The van der Waals surface area contributed by atoms with Gasteiger partial charge in [-0.05, 0) is 31.0 Å². The van der Waals surface area contributed by atoms with E-state index in [1.807, 2.05) is 0 Å². The standard InChI is InChI=1S/C17H36O6Si/c1-17(2,3)24(6,7)23-15(8-9-16(18)20-5)10-11-21-14-22-13-12-19-4/h15H,8-14H2,1-7H3/t15-/m1/s1. The number of carbonyl (C=O) groups excluding carboxylic acids is 1. The van der Waals surface area contributed by atoms with Crippen LogP contribution in [0, 0.1) is 0 Å². The summed E-state index contributed by atoms with van der Waals surface area (Å²) < 4.78 is 26.8. The van der Waals surface area contributed by atoms with Crippen molar-refractivity contribution in [2.75, 3.05) is 40.8 Å². The van der Waals surface area contributed by atoms with E-state index in [4.69, 9.17) is 23.4 Å². The van der Waals surface area contributed by atoms with E-state index in [0.29, 0.717) is 32.7 Å². The van der Waals surface area contributed by atoms with E-state index in [9.17, 15) is 4.79 Å². The first-order chi connectivity index (χ1) is 11.1. The molecule has 0 aromatic rings. The van der Waals surface area contributed by atoms with E-state index in [1.165, 1.54) is 7.11 Å². The lowest BCUT2D eigenvalue weighted by Gasteiger charge is -2.39. The Hall–Kier alpha value is -0.473. The molecule has 0 heterocycles. The van der Waals surface area contributed by atoms with E-state index in [2.05, 4.69) is 33.9 Å². The molecule has 0 saturated carbocycles. The number of esters is 1. The Bertz CT molecular complexity index is 340. The molecule has 144 valence electrons. The third kappa shape index (κ3) is 10.4. The van der Waals surface area contributed by atoms with E-state index in [0.717, 1.165) is 6.42 Å². The molecular formula is C17H36O6Si. The van der Waals surface area contributed by atoms with Gasteiger partial charge in [-0.1, -0.05) is 20.8 Å². The third-order valence-corrected chi connectivity index (χ3v) is 8.88. The maximum absolute atomic E-state index is 11.4. The van der Waals surface area contributed by atoms with Crippen LogP contribution in [0.5, 0.6) is 0 Å². The minimum absolute atomic E-state index is 0.0102. The van der Waals surface area contributed by atoms with Crippen LogP contribution in [0.2, 0.25) is 18.1 Å². The number of rotatable bonds is 13. The molecule has 1 atom stereocenters. The summed E-state index contributed by atoms with van der Waals surface area (Å²) in [5, 5.41) is 0.126.